The van der Waals surface area contributed by atoms with Crippen LogP contribution in [0.2, 0.25) is 0 Å². The van der Waals surface area contributed by atoms with Crippen LogP contribution in [-0.2, 0) is 0 Å². The molecule has 192 valence electrons. The number of non-ortho nitro benzene ring substituents is 1. The predicted molar refractivity (Wildman–Crippen MR) is 163 cm³/mol. The van der Waals surface area contributed by atoms with Crippen LogP contribution in [-0.4, -0.2) is 9.91 Å². The summed E-state index contributed by atoms with van der Waals surface area (Å²) in [6.07, 6.45) is 0. The third kappa shape index (κ3) is 3.87. The molecule has 4 nitrogen and oxygen atoms in total. The molecule has 1 aromatic heterocycles. The van der Waals surface area contributed by atoms with E-state index in [0.29, 0.717) is 0 Å². The van der Waals surface area contributed by atoms with Crippen LogP contribution in [0.3, 0.4) is 0 Å². The van der Waals surface area contributed by atoms with Gasteiger partial charge in [0.1, 0.15) is 0 Å². The summed E-state index contributed by atoms with van der Waals surface area (Å²) in [4.78, 5) is 16.3. The minimum absolute atomic E-state index is 0.0753. The Morgan fingerprint density at radius 3 is 1.87 bits per heavy atom. The Morgan fingerprint density at radius 1 is 0.615 bits per heavy atom. The summed E-state index contributed by atoms with van der Waals surface area (Å²) in [6.45, 7) is 13.0. The number of fused-ring (bicyclic) bond motifs is 5. The highest BCUT2D eigenvalue weighted by Crippen LogP contribution is 2.42. The van der Waals surface area contributed by atoms with Gasteiger partial charge < -0.3 is 0 Å². The van der Waals surface area contributed by atoms with Gasteiger partial charge in [-0.3, -0.25) is 10.1 Å². The van der Waals surface area contributed by atoms with Crippen LogP contribution in [0.4, 0.5) is 5.69 Å². The summed E-state index contributed by atoms with van der Waals surface area (Å²) in [5, 5.41) is 16.9. The molecule has 0 saturated carbocycles. The monoisotopic (exact) mass is 510 g/mol. The van der Waals surface area contributed by atoms with Gasteiger partial charge in [0, 0.05) is 33.9 Å². The van der Waals surface area contributed by atoms with E-state index in [0.717, 1.165) is 43.7 Å². The molecule has 0 bridgehead atoms. The van der Waals surface area contributed by atoms with Gasteiger partial charge in [0.05, 0.1) is 16.1 Å². The number of benzene rings is 5. The number of nitro benzene ring substituents is 1. The first-order valence-electron chi connectivity index (χ1n) is 13.2. The second-order valence-electron chi connectivity index (χ2n) is 10.7. The molecule has 0 fully saturated rings. The molecule has 0 N–H and O–H groups in total. The van der Waals surface area contributed by atoms with E-state index in [1.165, 1.54) is 44.5 Å². The molecule has 6 rings (SSSR count). The molecule has 0 aliphatic rings. The van der Waals surface area contributed by atoms with Crippen molar-refractivity contribution < 1.29 is 4.92 Å². The highest BCUT2D eigenvalue weighted by atomic mass is 16.6. The van der Waals surface area contributed by atoms with Gasteiger partial charge in [-0.2, -0.15) is 0 Å². The van der Waals surface area contributed by atoms with Crippen molar-refractivity contribution >= 4 is 38.1 Å². The Balaban J connectivity index is 1.79. The topological polar surface area (TPSA) is 56.0 Å². The number of nitrogens with zero attached hydrogens (tertiary/aromatic N) is 2. The van der Waals surface area contributed by atoms with E-state index in [-0.39, 0.29) is 10.6 Å². The van der Waals surface area contributed by atoms with Gasteiger partial charge in [-0.15, -0.1) is 0 Å². The lowest BCUT2D eigenvalue weighted by molar-refractivity contribution is -0.384. The molecule has 0 aliphatic carbocycles. The SMILES string of the molecule is Cc1cc(-c2cc3c4cc(C)c(C)c(C)c4c(-c4ccc([N+](=O)[O-])cc4)nc3c3ccccc23)cc(C)c1C. The first kappa shape index (κ1) is 24.7. The Hall–Kier alpha value is -4.57. The fraction of sp³-hybridized carbons (Fsp3) is 0.171. The molecule has 0 aliphatic heterocycles. The number of hydrogen-bond donors (Lipinski definition) is 0. The number of aromatic nitrogens is 1. The van der Waals surface area contributed by atoms with Gasteiger partial charge >= 0.3 is 0 Å². The highest BCUT2D eigenvalue weighted by Gasteiger charge is 2.19. The van der Waals surface area contributed by atoms with Gasteiger partial charge in [0.25, 0.3) is 5.69 Å². The zero-order valence-corrected chi connectivity index (χ0v) is 23.1. The summed E-state index contributed by atoms with van der Waals surface area (Å²) in [5.41, 5.74) is 12.7. The van der Waals surface area contributed by atoms with Gasteiger partial charge in [-0.25, -0.2) is 4.98 Å². The average molecular weight is 511 g/mol. The van der Waals surface area contributed by atoms with Crippen molar-refractivity contribution in [2.45, 2.75) is 41.5 Å². The van der Waals surface area contributed by atoms with E-state index in [4.69, 9.17) is 4.98 Å². The molecule has 0 unspecified atom stereocenters. The van der Waals surface area contributed by atoms with Crippen molar-refractivity contribution in [2.24, 2.45) is 0 Å². The van der Waals surface area contributed by atoms with E-state index in [9.17, 15) is 10.1 Å². The first-order valence-corrected chi connectivity index (χ1v) is 13.2. The van der Waals surface area contributed by atoms with Gasteiger partial charge in [-0.05, 0) is 115 Å². The smallest absolute Gasteiger partial charge is 0.258 e. The van der Waals surface area contributed by atoms with Crippen LogP contribution in [0.15, 0.2) is 72.8 Å². The predicted octanol–water partition coefficient (Wildman–Crippen LogP) is 9.63. The van der Waals surface area contributed by atoms with Gasteiger partial charge in [-0.1, -0.05) is 42.5 Å². The molecular weight excluding hydrogens is 480 g/mol. The van der Waals surface area contributed by atoms with Gasteiger partial charge in [0.2, 0.25) is 0 Å². The molecular formula is C35H30N2O2. The number of rotatable bonds is 3. The third-order valence-electron chi connectivity index (χ3n) is 8.52. The summed E-state index contributed by atoms with van der Waals surface area (Å²) >= 11 is 0. The maximum absolute atomic E-state index is 11.3. The van der Waals surface area contributed by atoms with Crippen LogP contribution in [0.5, 0.6) is 0 Å². The van der Waals surface area contributed by atoms with E-state index in [2.05, 4.69) is 90.1 Å². The van der Waals surface area contributed by atoms with Crippen molar-refractivity contribution in [1.29, 1.82) is 0 Å². The molecule has 0 saturated heterocycles. The Morgan fingerprint density at radius 2 is 1.23 bits per heavy atom. The second kappa shape index (κ2) is 9.02. The fourth-order valence-corrected chi connectivity index (χ4v) is 5.83. The largest absolute Gasteiger partial charge is 0.269 e. The zero-order chi connectivity index (χ0) is 27.6. The summed E-state index contributed by atoms with van der Waals surface area (Å²) < 4.78 is 0. The molecule has 6 aromatic rings. The lowest BCUT2D eigenvalue weighted by Gasteiger charge is -2.19. The molecule has 39 heavy (non-hydrogen) atoms. The standard InChI is InChI=1S/C35H30N2O2/c1-19-15-26(16-20(2)22(19)4)30-18-32-31-17-21(3)23(5)24(6)33(31)34(25-11-13-27(14-12-25)37(38)39)36-35(32)29-10-8-7-9-28(29)30/h7-18H,1-6H3. The number of pyridine rings is 1. The van der Waals surface area contributed by atoms with E-state index >= 15 is 0 Å². The number of aryl methyl sites for hydroxylation is 4. The molecule has 0 spiro atoms. The fourth-order valence-electron chi connectivity index (χ4n) is 5.83. The van der Waals surface area contributed by atoms with Crippen LogP contribution in [0, 0.1) is 51.7 Å². The van der Waals surface area contributed by atoms with Crippen molar-refractivity contribution in [3.05, 3.63) is 116 Å². The van der Waals surface area contributed by atoms with Crippen LogP contribution in [0.1, 0.15) is 33.4 Å². The normalized spacial score (nSPS) is 11.5. The third-order valence-corrected chi connectivity index (χ3v) is 8.52. The van der Waals surface area contributed by atoms with E-state index in [1.54, 1.807) is 12.1 Å². The molecule has 0 atom stereocenters. The molecule has 0 amide bonds. The number of hydrogen-bond acceptors (Lipinski definition) is 3. The van der Waals surface area contributed by atoms with Crippen molar-refractivity contribution in [1.82, 2.24) is 4.98 Å². The van der Waals surface area contributed by atoms with Gasteiger partial charge in [0.15, 0.2) is 0 Å². The molecule has 0 radical (unpaired) electrons. The van der Waals surface area contributed by atoms with Crippen molar-refractivity contribution in [2.75, 3.05) is 0 Å². The first-order chi connectivity index (χ1) is 18.7. The minimum atomic E-state index is -0.363. The van der Waals surface area contributed by atoms with E-state index in [1.807, 2.05) is 12.1 Å². The Kier molecular flexibility index (Phi) is 5.72. The average Bonchev–Trinajstić information content (AvgIpc) is 2.93. The van der Waals surface area contributed by atoms with Crippen LogP contribution in [0.25, 0.3) is 54.8 Å². The maximum atomic E-state index is 11.3. The zero-order valence-electron chi connectivity index (χ0n) is 23.1. The quantitative estimate of drug-likeness (QED) is 0.135. The lowest BCUT2D eigenvalue weighted by atomic mass is 9.87. The van der Waals surface area contributed by atoms with E-state index < -0.39 is 0 Å². The Bertz CT molecular complexity index is 1960. The maximum Gasteiger partial charge on any atom is 0.269 e. The molecule has 5 aromatic carbocycles. The molecule has 1 heterocycles. The lowest BCUT2D eigenvalue weighted by Crippen LogP contribution is -1.98. The van der Waals surface area contributed by atoms with Crippen LogP contribution < -0.4 is 0 Å². The van der Waals surface area contributed by atoms with Crippen LogP contribution >= 0.6 is 0 Å². The van der Waals surface area contributed by atoms with Crippen molar-refractivity contribution in [3.8, 4) is 22.4 Å². The summed E-state index contributed by atoms with van der Waals surface area (Å²) in [6, 6.07) is 24.4. The summed E-state index contributed by atoms with van der Waals surface area (Å²) in [7, 11) is 0. The Labute approximate surface area is 228 Å². The van der Waals surface area contributed by atoms with Crippen molar-refractivity contribution in [3.63, 3.8) is 0 Å². The highest BCUT2D eigenvalue weighted by molar-refractivity contribution is 6.22. The second-order valence-corrected chi connectivity index (χ2v) is 10.7. The molecule has 4 heteroatoms. The number of nitro groups is 1. The minimum Gasteiger partial charge on any atom is -0.258 e. The summed E-state index contributed by atoms with van der Waals surface area (Å²) in [5.74, 6) is 0.